The van der Waals surface area contributed by atoms with Crippen LogP contribution in [0.2, 0.25) is 0 Å². The number of halogens is 1. The van der Waals surface area contributed by atoms with Gasteiger partial charge in [0.15, 0.2) is 0 Å². The summed E-state index contributed by atoms with van der Waals surface area (Å²) in [4.78, 5) is 1.20. The minimum atomic E-state index is -0.422. The molecule has 0 saturated carbocycles. The smallest absolute Gasteiger partial charge is 0.0762 e. The van der Waals surface area contributed by atoms with E-state index in [9.17, 15) is 5.11 Å². The van der Waals surface area contributed by atoms with Crippen LogP contribution in [-0.2, 0) is 5.75 Å². The Morgan fingerprint density at radius 1 is 1.17 bits per heavy atom. The van der Waals surface area contributed by atoms with Gasteiger partial charge in [0.1, 0.15) is 0 Å². The van der Waals surface area contributed by atoms with Gasteiger partial charge in [-0.2, -0.15) is 0 Å². The molecule has 1 N–H and O–H groups in total. The Morgan fingerprint density at radius 2 is 1.89 bits per heavy atom. The fourth-order valence-corrected chi connectivity index (χ4v) is 3.24. The molecule has 0 unspecified atom stereocenters. The van der Waals surface area contributed by atoms with Crippen LogP contribution in [0.1, 0.15) is 24.2 Å². The Kier molecular flexibility index (Phi) is 4.87. The molecule has 2 aromatic rings. The first-order valence-electron chi connectivity index (χ1n) is 5.81. The van der Waals surface area contributed by atoms with Crippen LogP contribution in [0.25, 0.3) is 0 Å². The third kappa shape index (κ3) is 3.61. The highest BCUT2D eigenvalue weighted by molar-refractivity contribution is 9.10. The summed E-state index contributed by atoms with van der Waals surface area (Å²) in [7, 11) is 0. The van der Waals surface area contributed by atoms with Gasteiger partial charge in [-0.05, 0) is 46.1 Å². The van der Waals surface area contributed by atoms with E-state index >= 15 is 0 Å². The molecule has 3 heteroatoms. The van der Waals surface area contributed by atoms with Gasteiger partial charge in [-0.15, -0.1) is 11.8 Å². The molecule has 0 aliphatic rings. The van der Waals surface area contributed by atoms with Crippen molar-refractivity contribution in [2.75, 3.05) is 0 Å². The Bertz CT molecular complexity index is 511. The van der Waals surface area contributed by atoms with E-state index in [2.05, 4.69) is 46.3 Å². The van der Waals surface area contributed by atoms with Crippen molar-refractivity contribution in [3.8, 4) is 0 Å². The number of hydrogen-bond acceptors (Lipinski definition) is 2. The summed E-state index contributed by atoms with van der Waals surface area (Å²) in [5.41, 5.74) is 2.25. The topological polar surface area (TPSA) is 20.2 Å². The summed E-state index contributed by atoms with van der Waals surface area (Å²) in [6.07, 6.45) is -0.422. The third-order valence-electron chi connectivity index (χ3n) is 2.68. The average molecular weight is 323 g/mol. The second-order valence-corrected chi connectivity index (χ2v) is 6.01. The normalized spacial score (nSPS) is 12.4. The van der Waals surface area contributed by atoms with Gasteiger partial charge in [0, 0.05) is 15.1 Å². The van der Waals surface area contributed by atoms with Crippen molar-refractivity contribution in [3.05, 3.63) is 64.1 Å². The second kappa shape index (κ2) is 6.41. The average Bonchev–Trinajstić information content (AvgIpc) is 2.38. The van der Waals surface area contributed by atoms with E-state index in [0.717, 1.165) is 15.8 Å². The summed E-state index contributed by atoms with van der Waals surface area (Å²) in [5.74, 6) is 0.952. The standard InChI is InChI=1S/C15H15BrOS/c1-11(17)13-7-8-15(14(16)9-13)18-10-12-5-3-2-4-6-12/h2-9,11,17H,10H2,1H3/t11-/m0/s1. The Hall–Kier alpha value is -0.770. The number of aliphatic hydroxyl groups excluding tert-OH is 1. The molecular formula is C15H15BrOS. The molecule has 18 heavy (non-hydrogen) atoms. The molecular weight excluding hydrogens is 308 g/mol. The highest BCUT2D eigenvalue weighted by Crippen LogP contribution is 2.32. The molecule has 0 aromatic heterocycles. The highest BCUT2D eigenvalue weighted by atomic mass is 79.9. The van der Waals surface area contributed by atoms with Crippen LogP contribution in [0.4, 0.5) is 0 Å². The zero-order valence-corrected chi connectivity index (χ0v) is 12.5. The lowest BCUT2D eigenvalue weighted by molar-refractivity contribution is 0.199. The van der Waals surface area contributed by atoms with Crippen LogP contribution in [0, 0.1) is 0 Å². The van der Waals surface area contributed by atoms with Crippen LogP contribution in [0.3, 0.4) is 0 Å². The maximum Gasteiger partial charge on any atom is 0.0762 e. The van der Waals surface area contributed by atoms with Gasteiger partial charge >= 0.3 is 0 Å². The molecule has 94 valence electrons. The number of rotatable bonds is 4. The molecule has 1 nitrogen and oxygen atoms in total. The lowest BCUT2D eigenvalue weighted by atomic mass is 10.1. The summed E-state index contributed by atoms with van der Waals surface area (Å²) < 4.78 is 1.04. The van der Waals surface area contributed by atoms with Gasteiger partial charge in [0.25, 0.3) is 0 Å². The monoisotopic (exact) mass is 322 g/mol. The van der Waals surface area contributed by atoms with E-state index in [1.165, 1.54) is 10.5 Å². The van der Waals surface area contributed by atoms with Gasteiger partial charge in [-0.25, -0.2) is 0 Å². The molecule has 0 radical (unpaired) electrons. The Morgan fingerprint density at radius 3 is 2.50 bits per heavy atom. The van der Waals surface area contributed by atoms with Crippen LogP contribution in [-0.4, -0.2) is 5.11 Å². The van der Waals surface area contributed by atoms with E-state index < -0.39 is 6.10 Å². The van der Waals surface area contributed by atoms with Crippen LogP contribution < -0.4 is 0 Å². The Balaban J connectivity index is 2.06. The maximum absolute atomic E-state index is 9.52. The van der Waals surface area contributed by atoms with Crippen LogP contribution in [0.15, 0.2) is 57.9 Å². The fourth-order valence-electron chi connectivity index (χ4n) is 1.63. The lowest BCUT2D eigenvalue weighted by Gasteiger charge is -2.09. The summed E-state index contributed by atoms with van der Waals surface area (Å²) in [6.45, 7) is 1.78. The summed E-state index contributed by atoms with van der Waals surface area (Å²) in [5, 5.41) is 9.52. The molecule has 0 fully saturated rings. The van der Waals surface area contributed by atoms with E-state index in [0.29, 0.717) is 0 Å². The number of aliphatic hydroxyl groups is 1. The van der Waals surface area contributed by atoms with Crippen LogP contribution in [0.5, 0.6) is 0 Å². The van der Waals surface area contributed by atoms with Crippen molar-refractivity contribution in [2.24, 2.45) is 0 Å². The molecule has 0 aliphatic carbocycles. The fraction of sp³-hybridized carbons (Fsp3) is 0.200. The predicted molar refractivity (Wildman–Crippen MR) is 80.8 cm³/mol. The molecule has 1 atom stereocenters. The number of hydrogen-bond donors (Lipinski definition) is 1. The van der Waals surface area contributed by atoms with Crippen molar-refractivity contribution in [3.63, 3.8) is 0 Å². The van der Waals surface area contributed by atoms with Crippen molar-refractivity contribution >= 4 is 27.7 Å². The first-order valence-corrected chi connectivity index (χ1v) is 7.59. The molecule has 2 rings (SSSR count). The minimum absolute atomic E-state index is 0.422. The lowest BCUT2D eigenvalue weighted by Crippen LogP contribution is -1.91. The number of thioether (sulfide) groups is 1. The van der Waals surface area contributed by atoms with Crippen molar-refractivity contribution < 1.29 is 5.11 Å². The second-order valence-electron chi connectivity index (χ2n) is 4.14. The largest absolute Gasteiger partial charge is 0.389 e. The number of benzene rings is 2. The zero-order valence-electron chi connectivity index (χ0n) is 10.1. The van der Waals surface area contributed by atoms with Gasteiger partial charge < -0.3 is 5.11 Å². The van der Waals surface area contributed by atoms with Gasteiger partial charge in [0.2, 0.25) is 0 Å². The Labute approximate surface area is 120 Å². The van der Waals surface area contributed by atoms with Crippen molar-refractivity contribution in [2.45, 2.75) is 23.7 Å². The molecule has 0 spiro atoms. The van der Waals surface area contributed by atoms with Crippen molar-refractivity contribution in [1.82, 2.24) is 0 Å². The first-order chi connectivity index (χ1) is 8.66. The molecule has 0 aliphatic heterocycles. The van der Waals surface area contributed by atoms with Gasteiger partial charge in [-0.1, -0.05) is 36.4 Å². The molecule has 0 bridgehead atoms. The summed E-state index contributed by atoms with van der Waals surface area (Å²) in [6, 6.07) is 16.4. The van der Waals surface area contributed by atoms with E-state index in [4.69, 9.17) is 0 Å². The third-order valence-corrected chi connectivity index (χ3v) is 4.74. The quantitative estimate of drug-likeness (QED) is 0.816. The van der Waals surface area contributed by atoms with Gasteiger partial charge in [0.05, 0.1) is 6.10 Å². The molecule has 0 heterocycles. The van der Waals surface area contributed by atoms with Gasteiger partial charge in [-0.3, -0.25) is 0 Å². The first kappa shape index (κ1) is 13.7. The molecule has 0 amide bonds. The highest BCUT2D eigenvalue weighted by Gasteiger charge is 2.06. The predicted octanol–water partition coefficient (Wildman–Crippen LogP) is 4.79. The van der Waals surface area contributed by atoms with Crippen molar-refractivity contribution in [1.29, 1.82) is 0 Å². The SMILES string of the molecule is C[C@H](O)c1ccc(SCc2ccccc2)c(Br)c1. The molecule has 0 saturated heterocycles. The summed E-state index contributed by atoms with van der Waals surface area (Å²) >= 11 is 5.35. The van der Waals surface area contributed by atoms with E-state index in [1.54, 1.807) is 18.7 Å². The van der Waals surface area contributed by atoms with Crippen LogP contribution >= 0.6 is 27.7 Å². The minimum Gasteiger partial charge on any atom is -0.389 e. The molecule has 2 aromatic carbocycles. The van der Waals surface area contributed by atoms with E-state index in [-0.39, 0.29) is 0 Å². The van der Waals surface area contributed by atoms with E-state index in [1.807, 2.05) is 18.2 Å². The zero-order chi connectivity index (χ0) is 13.0. The maximum atomic E-state index is 9.52.